The fraction of sp³-hybridized carbons (Fsp3) is 0.161. The fourth-order valence-corrected chi connectivity index (χ4v) is 18.4. The average molecular weight is 1690 g/mol. The van der Waals surface area contributed by atoms with Crippen molar-refractivity contribution in [2.24, 2.45) is 0 Å². The van der Waals surface area contributed by atoms with E-state index < -0.39 is 0 Å². The SMILES string of the molecule is CCc1ccc(-c2nc(-c3ccc(CC)cc3)nc(-c3ccc(N4c5ccccc5C(C)(C)c5ccccc54)cc3)n2)cc1.Cc1ccc(-c2nc(-c3ccc(C)cc3)nc(-c3ccc(N4c5ccccc5C(C)(C)c5ccccc54)cc3)n2)cc1.Cc1ccc(-c2nc(-c3ccc(N4c5ccccc5C(C)(C)c5ccccc54)cc3)nc(-c3ccc(C)c(C)c3)n2)cc1C. The number of hydrogen-bond acceptors (Lipinski definition) is 12. The summed E-state index contributed by atoms with van der Waals surface area (Å²) in [5.74, 6) is 6.03. The molecule has 21 rings (SSSR count). The smallest absolute Gasteiger partial charge is 0.164 e. The highest BCUT2D eigenvalue weighted by molar-refractivity contribution is 5.90. The van der Waals surface area contributed by atoms with E-state index in [0.717, 1.165) is 80.0 Å². The van der Waals surface area contributed by atoms with Gasteiger partial charge in [0.15, 0.2) is 52.4 Å². The van der Waals surface area contributed by atoms with Crippen molar-refractivity contribution in [2.75, 3.05) is 14.7 Å². The summed E-state index contributed by atoms with van der Waals surface area (Å²) in [5.41, 5.74) is 36.8. The van der Waals surface area contributed by atoms with Crippen LogP contribution in [-0.4, -0.2) is 44.9 Å². The minimum atomic E-state index is -0.0933. The van der Waals surface area contributed by atoms with Gasteiger partial charge in [-0.2, -0.15) is 0 Å². The second-order valence-corrected chi connectivity index (χ2v) is 36.0. The maximum atomic E-state index is 5.01. The molecule has 0 radical (unpaired) electrons. The highest BCUT2D eigenvalue weighted by Crippen LogP contribution is 2.56. The molecule has 12 heteroatoms. The van der Waals surface area contributed by atoms with E-state index in [1.165, 1.54) is 112 Å². The molecule has 3 aliphatic rings. The molecule has 0 saturated carbocycles. The van der Waals surface area contributed by atoms with E-state index >= 15 is 0 Å². The molecule has 0 aliphatic carbocycles. The molecule has 636 valence electrons. The monoisotopic (exact) mass is 1690 g/mol. The number of para-hydroxylation sites is 6. The summed E-state index contributed by atoms with van der Waals surface area (Å²) in [5, 5.41) is 0. The Balaban J connectivity index is 0.000000126. The van der Waals surface area contributed by atoms with Crippen LogP contribution in [0.25, 0.3) is 102 Å². The maximum Gasteiger partial charge on any atom is 0.164 e. The lowest BCUT2D eigenvalue weighted by molar-refractivity contribution is 0.632. The van der Waals surface area contributed by atoms with Gasteiger partial charge >= 0.3 is 0 Å². The van der Waals surface area contributed by atoms with Gasteiger partial charge in [0.1, 0.15) is 0 Å². The molecule has 3 aliphatic heterocycles. The molecule has 3 aromatic heterocycles. The molecule has 0 saturated heterocycles. The molecule has 0 unspecified atom stereocenters. The summed E-state index contributed by atoms with van der Waals surface area (Å²) >= 11 is 0. The molecule has 0 bridgehead atoms. The Hall–Kier alpha value is -15.3. The number of benzene rings is 15. The Morgan fingerprint density at radius 2 is 0.369 bits per heavy atom. The van der Waals surface area contributed by atoms with Crippen molar-refractivity contribution >= 4 is 51.2 Å². The Morgan fingerprint density at radius 3 is 0.569 bits per heavy atom. The number of rotatable bonds is 14. The molecule has 0 atom stereocenters. The average Bonchev–Trinajstić information content (AvgIpc) is 0.734. The van der Waals surface area contributed by atoms with Crippen molar-refractivity contribution in [1.82, 2.24) is 44.9 Å². The first-order valence-electron chi connectivity index (χ1n) is 45.1. The summed E-state index contributed by atoms with van der Waals surface area (Å²) in [6, 6.07) is 125. The molecule has 18 aromatic rings. The fourth-order valence-electron chi connectivity index (χ4n) is 18.4. The minimum absolute atomic E-state index is 0.0900. The predicted octanol–water partition coefficient (Wildman–Crippen LogP) is 29.9. The van der Waals surface area contributed by atoms with Gasteiger partial charge in [-0.1, -0.05) is 297 Å². The van der Waals surface area contributed by atoms with Crippen LogP contribution in [0.1, 0.15) is 133 Å². The Kier molecular flexibility index (Phi) is 22.6. The number of fused-ring (bicyclic) bond motifs is 6. The maximum absolute atomic E-state index is 5.01. The molecule has 130 heavy (non-hydrogen) atoms. The minimum Gasteiger partial charge on any atom is -0.310 e. The predicted molar refractivity (Wildman–Crippen MR) is 536 cm³/mol. The van der Waals surface area contributed by atoms with Crippen LogP contribution in [0, 0.1) is 41.5 Å². The Morgan fingerprint density at radius 1 is 0.192 bits per heavy atom. The van der Waals surface area contributed by atoms with Crippen molar-refractivity contribution < 1.29 is 0 Å². The van der Waals surface area contributed by atoms with Gasteiger partial charge in [-0.3, -0.25) is 0 Å². The van der Waals surface area contributed by atoms with Crippen molar-refractivity contribution in [3.63, 3.8) is 0 Å². The Bertz CT molecular complexity index is 6910. The summed E-state index contributed by atoms with van der Waals surface area (Å²) in [6.45, 7) is 30.9. The van der Waals surface area contributed by atoms with Gasteiger partial charge in [0, 0.05) is 83.4 Å². The number of nitrogens with zero attached hydrogens (tertiary/aromatic N) is 12. The van der Waals surface area contributed by atoms with E-state index in [2.05, 4.69) is 463 Å². The van der Waals surface area contributed by atoms with Crippen LogP contribution in [0.3, 0.4) is 0 Å². The standard InChI is InChI=1S/2C40H36N4.C38H32N4/c1-25-15-17-30(23-27(25)3)38-41-37(42-39(43-38)31-18-16-26(2)28(4)24-31)29-19-21-32(22-20-29)44-35-13-9-7-11-33(35)40(5,6)34-12-8-10-14-36(34)44;1-5-27-15-19-29(20-16-27)37-41-38(30-21-17-28(6-2)18-22-30)43-39(42-37)31-23-25-32(26-24-31)44-35-13-9-7-11-33(35)40(3,4)34-12-8-10-14-36(34)44;1-25-13-17-27(18-14-25)35-39-36(28-19-15-26(2)16-20-28)41-37(40-35)29-21-23-30(24-22-29)42-33-11-7-5-9-31(33)38(3,4)32-10-6-8-12-34(32)42/h7-24H,1-6H3;7-26H,5-6H2,1-4H3;5-24H,1-4H3. The summed E-state index contributed by atoms with van der Waals surface area (Å²) in [4.78, 5) is 51.8. The highest BCUT2D eigenvalue weighted by atomic mass is 15.2. The van der Waals surface area contributed by atoms with Crippen LogP contribution in [0.2, 0.25) is 0 Å². The third-order valence-electron chi connectivity index (χ3n) is 26.4. The quantitative estimate of drug-likeness (QED) is 0.103. The van der Waals surface area contributed by atoms with E-state index in [-0.39, 0.29) is 16.2 Å². The van der Waals surface area contributed by atoms with Gasteiger partial charge in [-0.05, 0) is 242 Å². The summed E-state index contributed by atoms with van der Waals surface area (Å²) in [7, 11) is 0. The molecule has 12 nitrogen and oxygen atoms in total. The molecule has 0 N–H and O–H groups in total. The molecular weight excluding hydrogens is 1590 g/mol. The van der Waals surface area contributed by atoms with Crippen molar-refractivity contribution in [3.05, 3.63) is 430 Å². The van der Waals surface area contributed by atoms with E-state index in [1.54, 1.807) is 0 Å². The van der Waals surface area contributed by atoms with Gasteiger partial charge in [-0.15, -0.1) is 0 Å². The lowest BCUT2D eigenvalue weighted by atomic mass is 9.73. The van der Waals surface area contributed by atoms with Crippen LogP contribution in [0.4, 0.5) is 51.2 Å². The number of hydrogen-bond donors (Lipinski definition) is 0. The molecule has 0 spiro atoms. The zero-order chi connectivity index (χ0) is 89.7. The zero-order valence-electron chi connectivity index (χ0n) is 76.3. The number of anilines is 9. The molecule has 6 heterocycles. The van der Waals surface area contributed by atoms with Gasteiger partial charge < -0.3 is 14.7 Å². The first kappa shape index (κ1) is 84.2. The van der Waals surface area contributed by atoms with Gasteiger partial charge in [0.05, 0.1) is 34.1 Å². The highest BCUT2D eigenvalue weighted by Gasteiger charge is 2.40. The molecule has 15 aromatic carbocycles. The summed E-state index contributed by atoms with van der Waals surface area (Å²) < 4.78 is 0. The normalized spacial score (nSPS) is 13.4. The second-order valence-electron chi connectivity index (χ2n) is 36.0. The third kappa shape index (κ3) is 16.2. The van der Waals surface area contributed by atoms with Crippen molar-refractivity contribution in [3.8, 4) is 102 Å². The van der Waals surface area contributed by atoms with Crippen LogP contribution in [0.5, 0.6) is 0 Å². The first-order chi connectivity index (χ1) is 63.0. The molecular formula is C118H104N12. The topological polar surface area (TPSA) is 126 Å². The number of aryl methyl sites for hydroxylation is 8. The van der Waals surface area contributed by atoms with Crippen LogP contribution in [-0.2, 0) is 29.1 Å². The lowest BCUT2D eigenvalue weighted by Gasteiger charge is -2.42. The zero-order valence-corrected chi connectivity index (χ0v) is 76.3. The van der Waals surface area contributed by atoms with E-state index in [4.69, 9.17) is 44.9 Å². The van der Waals surface area contributed by atoms with E-state index in [0.29, 0.717) is 52.4 Å². The first-order valence-corrected chi connectivity index (χ1v) is 45.1. The molecule has 0 fully saturated rings. The van der Waals surface area contributed by atoms with Crippen molar-refractivity contribution in [1.29, 1.82) is 0 Å². The second kappa shape index (κ2) is 34.8. The largest absolute Gasteiger partial charge is 0.310 e. The Labute approximate surface area is 764 Å². The van der Waals surface area contributed by atoms with Crippen LogP contribution < -0.4 is 14.7 Å². The number of aromatic nitrogens is 9. The van der Waals surface area contributed by atoms with E-state index in [1.807, 2.05) is 0 Å². The van der Waals surface area contributed by atoms with Gasteiger partial charge in [-0.25, -0.2) is 44.9 Å². The third-order valence-corrected chi connectivity index (χ3v) is 26.4. The van der Waals surface area contributed by atoms with Crippen LogP contribution in [0.15, 0.2) is 352 Å². The van der Waals surface area contributed by atoms with Crippen molar-refractivity contribution in [2.45, 2.75) is 126 Å². The lowest BCUT2D eigenvalue weighted by Crippen LogP contribution is -2.30. The van der Waals surface area contributed by atoms with Crippen LogP contribution >= 0.6 is 0 Å². The van der Waals surface area contributed by atoms with Gasteiger partial charge in [0.2, 0.25) is 0 Å². The van der Waals surface area contributed by atoms with E-state index in [9.17, 15) is 0 Å². The van der Waals surface area contributed by atoms with Gasteiger partial charge in [0.25, 0.3) is 0 Å². The molecule has 0 amide bonds. The summed E-state index contributed by atoms with van der Waals surface area (Å²) in [6.07, 6.45) is 1.99.